The summed E-state index contributed by atoms with van der Waals surface area (Å²) in [6, 6.07) is -8.01. The highest BCUT2D eigenvalue weighted by molar-refractivity contribution is 7.80. The van der Waals surface area contributed by atoms with E-state index in [1.807, 2.05) is 0 Å². The lowest BCUT2D eigenvalue weighted by Gasteiger charge is -2.25. The Hall–Kier alpha value is -2.88. The van der Waals surface area contributed by atoms with Gasteiger partial charge in [0, 0.05) is 29.4 Å². The first-order valence-corrected chi connectivity index (χ1v) is 14.6. The van der Waals surface area contributed by atoms with Gasteiger partial charge in [-0.2, -0.15) is 50.5 Å². The minimum Gasteiger partial charge on any atom is -0.480 e. The van der Waals surface area contributed by atoms with E-state index in [1.54, 1.807) is 0 Å². The van der Waals surface area contributed by atoms with Crippen LogP contribution in [0.25, 0.3) is 0 Å². The number of hydrogen-bond acceptors (Lipinski definition) is 13. The summed E-state index contributed by atoms with van der Waals surface area (Å²) in [5.74, 6) is -8.45. The van der Waals surface area contributed by atoms with Crippen molar-refractivity contribution in [2.45, 2.75) is 55.5 Å². The minimum atomic E-state index is -1.65. The first-order chi connectivity index (χ1) is 19.6. The molecule has 0 aromatic rings. The summed E-state index contributed by atoms with van der Waals surface area (Å²) >= 11 is 16.1. The van der Waals surface area contributed by atoms with E-state index in [0.717, 1.165) is 0 Å². The third-order valence-corrected chi connectivity index (χ3v) is 6.78. The van der Waals surface area contributed by atoms with Gasteiger partial charge in [0.1, 0.15) is 30.2 Å². The predicted octanol–water partition coefficient (Wildman–Crippen LogP) is -5.32. The molecule has 21 heteroatoms. The van der Waals surface area contributed by atoms with Crippen molar-refractivity contribution < 1.29 is 43.5 Å². The Balaban J connectivity index is 5.29. The Bertz CT molecular complexity index is 1020. The summed E-state index contributed by atoms with van der Waals surface area (Å²) in [6.07, 6.45) is -0.897. The van der Waals surface area contributed by atoms with Crippen LogP contribution in [-0.2, 0) is 38.4 Å². The molecule has 0 aliphatic carbocycles. The number of carboxylic acid groups (broad SMARTS) is 1. The molecule has 0 aromatic heterocycles. The number of thiol groups is 4. The molecule has 0 aromatic carbocycles. The third-order valence-electron chi connectivity index (χ3n) is 5.32. The smallest absolute Gasteiger partial charge is 0.326 e. The van der Waals surface area contributed by atoms with Crippen molar-refractivity contribution in [3.05, 3.63) is 0 Å². The average molecular weight is 673 g/mol. The molecule has 0 fully saturated rings. The van der Waals surface area contributed by atoms with Crippen LogP contribution in [0.3, 0.4) is 0 Å². The largest absolute Gasteiger partial charge is 0.480 e. The molecule has 7 amide bonds. The molecule has 0 unspecified atom stereocenters. The minimum absolute atomic E-state index is 0.0554. The van der Waals surface area contributed by atoms with E-state index < -0.39 is 90.0 Å². The second kappa shape index (κ2) is 20.1. The quantitative estimate of drug-likeness (QED) is 0.0545. The van der Waals surface area contributed by atoms with Gasteiger partial charge in [-0.05, 0) is 6.42 Å². The second-order valence-corrected chi connectivity index (χ2v) is 10.1. The lowest BCUT2D eigenvalue weighted by molar-refractivity contribution is -0.143. The lowest BCUT2D eigenvalue weighted by Crippen LogP contribution is -2.60. The maximum absolute atomic E-state index is 12.8. The molecule has 0 bridgehead atoms. The number of primary amides is 2. The van der Waals surface area contributed by atoms with Crippen molar-refractivity contribution in [2.24, 2.45) is 17.2 Å². The Kier molecular flexibility index (Phi) is 18.7. The van der Waals surface area contributed by atoms with Crippen LogP contribution in [0.4, 0.5) is 0 Å². The fraction of sp³-hybridized carbons (Fsp3) is 0.619. The molecule has 0 rings (SSSR count). The SMILES string of the molecule is NC(=O)CC[C@H](N)C(=O)N[C@@H](CS)C(=O)N[C@@H](CS)C(=O)N[C@@H](CS)C(=O)N[C@@H](CS)C(=O)N[C@@H](CC(N)=O)C(=O)O. The lowest BCUT2D eigenvalue weighted by atomic mass is 10.1. The molecule has 238 valence electrons. The van der Waals surface area contributed by atoms with Crippen LogP contribution in [0.2, 0.25) is 0 Å². The first kappa shape index (κ1) is 39.1. The van der Waals surface area contributed by atoms with E-state index in [4.69, 9.17) is 22.3 Å². The van der Waals surface area contributed by atoms with Gasteiger partial charge in [-0.15, -0.1) is 0 Å². The summed E-state index contributed by atoms with van der Waals surface area (Å²) < 4.78 is 0. The van der Waals surface area contributed by atoms with Crippen LogP contribution in [0.1, 0.15) is 19.3 Å². The molecule has 0 aliphatic heterocycles. The molecular weight excluding hydrogens is 637 g/mol. The van der Waals surface area contributed by atoms with Crippen LogP contribution in [0, 0.1) is 0 Å². The maximum atomic E-state index is 12.8. The molecule has 6 atom stereocenters. The Morgan fingerprint density at radius 1 is 0.548 bits per heavy atom. The van der Waals surface area contributed by atoms with Crippen LogP contribution >= 0.6 is 50.5 Å². The molecule has 0 saturated heterocycles. The number of aliphatic carboxylic acids is 1. The van der Waals surface area contributed by atoms with Gasteiger partial charge < -0.3 is 48.9 Å². The van der Waals surface area contributed by atoms with E-state index in [-0.39, 0.29) is 35.9 Å². The molecule has 0 saturated carbocycles. The van der Waals surface area contributed by atoms with E-state index in [0.29, 0.717) is 0 Å². The highest BCUT2D eigenvalue weighted by Gasteiger charge is 2.31. The standard InChI is InChI=1S/C21H36N8O9S4/c22-8(1-2-14(23)30)16(32)26-10(4-39)18(34)28-12(6-41)20(36)29-13(7-42)19(35)27-11(5-40)17(33)25-9(21(37)38)3-15(24)31/h8-13,39-42H,1-7,22H2,(H2,23,30)(H2,24,31)(H,25,33)(H,26,32)(H,27,35)(H,28,34)(H,29,36)(H,37,38)/t8-,9-,10-,11-,12-,13-/m0/s1. The number of carbonyl (C=O) groups excluding carboxylic acids is 7. The highest BCUT2D eigenvalue weighted by Crippen LogP contribution is 2.01. The van der Waals surface area contributed by atoms with Crippen LogP contribution < -0.4 is 43.8 Å². The Morgan fingerprint density at radius 2 is 0.857 bits per heavy atom. The van der Waals surface area contributed by atoms with Gasteiger partial charge in [-0.3, -0.25) is 33.6 Å². The van der Waals surface area contributed by atoms with Crippen LogP contribution in [0.5, 0.6) is 0 Å². The van der Waals surface area contributed by atoms with Gasteiger partial charge >= 0.3 is 5.97 Å². The van der Waals surface area contributed by atoms with Gasteiger partial charge in [-0.25, -0.2) is 4.79 Å². The molecule has 0 spiro atoms. The van der Waals surface area contributed by atoms with Crippen LogP contribution in [0.15, 0.2) is 0 Å². The normalized spacial score (nSPS) is 15.0. The van der Waals surface area contributed by atoms with Crippen LogP contribution in [-0.4, -0.2) is 112 Å². The number of carbonyl (C=O) groups is 8. The van der Waals surface area contributed by atoms with Gasteiger partial charge in [0.25, 0.3) is 0 Å². The molecule has 0 aliphatic rings. The van der Waals surface area contributed by atoms with Crippen molar-refractivity contribution in [1.82, 2.24) is 26.6 Å². The third kappa shape index (κ3) is 14.3. The number of nitrogens with two attached hydrogens (primary N) is 3. The van der Waals surface area contributed by atoms with Crippen molar-refractivity contribution in [3.8, 4) is 0 Å². The number of rotatable bonds is 20. The van der Waals surface area contributed by atoms with E-state index >= 15 is 0 Å². The average Bonchev–Trinajstić information content (AvgIpc) is 2.93. The van der Waals surface area contributed by atoms with Crippen molar-refractivity contribution in [2.75, 3.05) is 23.0 Å². The zero-order valence-electron chi connectivity index (χ0n) is 22.1. The van der Waals surface area contributed by atoms with Gasteiger partial charge in [0.15, 0.2) is 0 Å². The predicted molar refractivity (Wildman–Crippen MR) is 163 cm³/mol. The van der Waals surface area contributed by atoms with E-state index in [2.05, 4.69) is 77.1 Å². The van der Waals surface area contributed by atoms with Gasteiger partial charge in [0.2, 0.25) is 41.4 Å². The molecule has 12 N–H and O–H groups in total. The van der Waals surface area contributed by atoms with Crippen molar-refractivity contribution >= 4 is 97.8 Å². The number of hydrogen-bond donors (Lipinski definition) is 13. The molecular formula is C21H36N8O9S4. The van der Waals surface area contributed by atoms with Gasteiger partial charge in [-0.1, -0.05) is 0 Å². The summed E-state index contributed by atoms with van der Waals surface area (Å²) in [4.78, 5) is 96.2. The molecule has 17 nitrogen and oxygen atoms in total. The fourth-order valence-corrected chi connectivity index (χ4v) is 4.00. The Morgan fingerprint density at radius 3 is 1.12 bits per heavy atom. The second-order valence-electron chi connectivity index (χ2n) is 8.66. The number of amides is 7. The topological polar surface area (TPSA) is 295 Å². The van der Waals surface area contributed by atoms with E-state index in [9.17, 15) is 38.4 Å². The summed E-state index contributed by atoms with van der Waals surface area (Å²) in [6.45, 7) is 0. The summed E-state index contributed by atoms with van der Waals surface area (Å²) in [5.41, 5.74) is 15.7. The monoisotopic (exact) mass is 672 g/mol. The molecule has 0 radical (unpaired) electrons. The van der Waals surface area contributed by atoms with Gasteiger partial charge in [0.05, 0.1) is 12.5 Å². The summed E-state index contributed by atoms with van der Waals surface area (Å²) in [7, 11) is 0. The van der Waals surface area contributed by atoms with Crippen molar-refractivity contribution in [3.63, 3.8) is 0 Å². The Labute approximate surface area is 263 Å². The zero-order valence-corrected chi connectivity index (χ0v) is 25.7. The van der Waals surface area contributed by atoms with E-state index in [1.165, 1.54) is 0 Å². The number of carboxylic acids is 1. The molecule has 42 heavy (non-hydrogen) atoms. The maximum Gasteiger partial charge on any atom is 0.326 e. The number of nitrogens with one attached hydrogen (secondary N) is 5. The highest BCUT2D eigenvalue weighted by atomic mass is 32.1. The van der Waals surface area contributed by atoms with Crippen molar-refractivity contribution in [1.29, 1.82) is 0 Å². The molecule has 0 heterocycles. The first-order valence-electron chi connectivity index (χ1n) is 12.1. The fourth-order valence-electron chi connectivity index (χ4n) is 2.97. The zero-order chi connectivity index (χ0) is 32.6. The summed E-state index contributed by atoms with van der Waals surface area (Å²) in [5, 5.41) is 20.6.